The van der Waals surface area contributed by atoms with E-state index >= 15 is 0 Å². The Morgan fingerprint density at radius 3 is 2.64 bits per heavy atom. The molecule has 3 rings (SSSR count). The van der Waals surface area contributed by atoms with Gasteiger partial charge in [-0.15, -0.1) is 0 Å². The van der Waals surface area contributed by atoms with E-state index in [1.165, 1.54) is 6.26 Å². The summed E-state index contributed by atoms with van der Waals surface area (Å²) in [5, 5.41) is 2.76. The van der Waals surface area contributed by atoms with E-state index in [0.29, 0.717) is 37.4 Å². The van der Waals surface area contributed by atoms with Crippen molar-refractivity contribution in [1.29, 1.82) is 0 Å². The van der Waals surface area contributed by atoms with Crippen LogP contribution in [0.2, 0.25) is 0 Å². The van der Waals surface area contributed by atoms with Crippen LogP contribution in [0.25, 0.3) is 0 Å². The molecule has 2 aromatic rings. The number of anilines is 1. The molecule has 0 spiro atoms. The second kappa shape index (κ2) is 7.83. The van der Waals surface area contributed by atoms with E-state index in [4.69, 9.17) is 4.42 Å². The maximum atomic E-state index is 12.3. The van der Waals surface area contributed by atoms with Gasteiger partial charge in [0.25, 0.3) is 5.91 Å². The maximum absolute atomic E-state index is 12.3. The SMILES string of the molecule is Cc1occc1C(=O)NCCC(=O)N1CCN(c2ccccn2)CC1. The van der Waals surface area contributed by atoms with E-state index in [1.807, 2.05) is 23.1 Å². The van der Waals surface area contributed by atoms with Gasteiger partial charge >= 0.3 is 0 Å². The number of hydrogen-bond donors (Lipinski definition) is 1. The average Bonchev–Trinajstić information content (AvgIpc) is 3.08. The summed E-state index contributed by atoms with van der Waals surface area (Å²) in [6.07, 6.45) is 3.56. The van der Waals surface area contributed by atoms with Crippen molar-refractivity contribution in [3.8, 4) is 0 Å². The highest BCUT2D eigenvalue weighted by Gasteiger charge is 2.21. The number of nitrogens with one attached hydrogen (secondary N) is 1. The van der Waals surface area contributed by atoms with Crippen molar-refractivity contribution < 1.29 is 14.0 Å². The highest BCUT2D eigenvalue weighted by Crippen LogP contribution is 2.13. The van der Waals surface area contributed by atoms with Gasteiger partial charge in [-0.05, 0) is 25.1 Å². The van der Waals surface area contributed by atoms with Crippen molar-refractivity contribution in [3.05, 3.63) is 48.0 Å². The molecule has 0 atom stereocenters. The molecule has 0 radical (unpaired) electrons. The van der Waals surface area contributed by atoms with Crippen molar-refractivity contribution in [3.63, 3.8) is 0 Å². The molecule has 25 heavy (non-hydrogen) atoms. The van der Waals surface area contributed by atoms with E-state index in [2.05, 4.69) is 15.2 Å². The van der Waals surface area contributed by atoms with Crippen molar-refractivity contribution in [1.82, 2.24) is 15.2 Å². The third-order valence-corrected chi connectivity index (χ3v) is 4.33. The number of piperazine rings is 1. The van der Waals surface area contributed by atoms with Gasteiger partial charge in [0.2, 0.25) is 5.91 Å². The molecule has 0 bridgehead atoms. The third kappa shape index (κ3) is 4.17. The molecule has 2 aromatic heterocycles. The van der Waals surface area contributed by atoms with Crippen LogP contribution in [0.4, 0.5) is 5.82 Å². The Hall–Kier alpha value is -2.83. The number of aryl methyl sites for hydroxylation is 1. The average molecular weight is 342 g/mol. The van der Waals surface area contributed by atoms with Crippen LogP contribution in [0, 0.1) is 6.92 Å². The summed E-state index contributed by atoms with van der Waals surface area (Å²) in [4.78, 5) is 32.6. The van der Waals surface area contributed by atoms with Crippen molar-refractivity contribution in [2.75, 3.05) is 37.6 Å². The monoisotopic (exact) mass is 342 g/mol. The van der Waals surface area contributed by atoms with E-state index in [9.17, 15) is 9.59 Å². The number of carbonyl (C=O) groups is 2. The lowest BCUT2D eigenvalue weighted by atomic mass is 10.2. The first-order valence-corrected chi connectivity index (χ1v) is 8.41. The third-order valence-electron chi connectivity index (χ3n) is 4.33. The molecule has 0 aromatic carbocycles. The van der Waals surface area contributed by atoms with Crippen molar-refractivity contribution in [2.24, 2.45) is 0 Å². The number of furan rings is 1. The van der Waals surface area contributed by atoms with Gasteiger partial charge < -0.3 is 19.5 Å². The fourth-order valence-electron chi connectivity index (χ4n) is 2.88. The molecule has 7 heteroatoms. The van der Waals surface area contributed by atoms with E-state index < -0.39 is 0 Å². The Morgan fingerprint density at radius 1 is 1.20 bits per heavy atom. The fraction of sp³-hybridized carbons (Fsp3) is 0.389. The standard InChI is InChI=1S/C18H22N4O3/c1-14-15(6-13-25-14)18(24)20-8-5-17(23)22-11-9-21(10-12-22)16-4-2-3-7-19-16/h2-4,6-7,13H,5,8-12H2,1H3,(H,20,24). The summed E-state index contributed by atoms with van der Waals surface area (Å²) in [6, 6.07) is 7.46. The van der Waals surface area contributed by atoms with Crippen molar-refractivity contribution in [2.45, 2.75) is 13.3 Å². The first-order valence-electron chi connectivity index (χ1n) is 8.41. The van der Waals surface area contributed by atoms with E-state index in [-0.39, 0.29) is 11.8 Å². The van der Waals surface area contributed by atoms with Gasteiger partial charge in [-0.1, -0.05) is 6.07 Å². The Kier molecular flexibility index (Phi) is 5.33. The highest BCUT2D eigenvalue weighted by molar-refractivity contribution is 5.95. The molecule has 1 aliphatic rings. The van der Waals surface area contributed by atoms with Gasteiger partial charge in [-0.2, -0.15) is 0 Å². The Morgan fingerprint density at radius 2 is 2.00 bits per heavy atom. The molecule has 3 heterocycles. The van der Waals surface area contributed by atoms with Crippen LogP contribution < -0.4 is 10.2 Å². The second-order valence-corrected chi connectivity index (χ2v) is 5.95. The lowest BCUT2D eigenvalue weighted by Crippen LogP contribution is -2.49. The number of carbonyl (C=O) groups excluding carboxylic acids is 2. The highest BCUT2D eigenvalue weighted by atomic mass is 16.3. The molecule has 2 amide bonds. The Balaban J connectivity index is 1.41. The van der Waals surface area contributed by atoms with Gasteiger partial charge in [0.1, 0.15) is 11.6 Å². The molecule has 1 N–H and O–H groups in total. The summed E-state index contributed by atoms with van der Waals surface area (Å²) in [7, 11) is 0. The molecule has 0 saturated carbocycles. The van der Waals surface area contributed by atoms with E-state index in [0.717, 1.165) is 18.9 Å². The number of aromatic nitrogens is 1. The van der Waals surface area contributed by atoms with Crippen molar-refractivity contribution >= 4 is 17.6 Å². The summed E-state index contributed by atoms with van der Waals surface area (Å²) in [5.41, 5.74) is 0.511. The maximum Gasteiger partial charge on any atom is 0.254 e. The largest absolute Gasteiger partial charge is 0.469 e. The molecule has 0 unspecified atom stereocenters. The topological polar surface area (TPSA) is 78.7 Å². The molecule has 1 aliphatic heterocycles. The zero-order valence-corrected chi connectivity index (χ0v) is 14.3. The van der Waals surface area contributed by atoms with Gasteiger partial charge in [0.15, 0.2) is 0 Å². The molecule has 132 valence electrons. The zero-order chi connectivity index (χ0) is 17.6. The summed E-state index contributed by atoms with van der Waals surface area (Å²) < 4.78 is 5.11. The number of hydrogen-bond acceptors (Lipinski definition) is 5. The molecule has 7 nitrogen and oxygen atoms in total. The minimum Gasteiger partial charge on any atom is -0.469 e. The van der Waals surface area contributed by atoms with Crippen LogP contribution >= 0.6 is 0 Å². The van der Waals surface area contributed by atoms with E-state index in [1.54, 1.807) is 19.2 Å². The molecule has 0 aliphatic carbocycles. The molecular weight excluding hydrogens is 320 g/mol. The summed E-state index contributed by atoms with van der Waals surface area (Å²) >= 11 is 0. The van der Waals surface area contributed by atoms with Gasteiger partial charge in [0, 0.05) is 45.3 Å². The second-order valence-electron chi connectivity index (χ2n) is 5.95. The van der Waals surface area contributed by atoms with Gasteiger partial charge in [-0.3, -0.25) is 9.59 Å². The number of rotatable bonds is 5. The van der Waals surface area contributed by atoms with Crippen LogP contribution in [-0.2, 0) is 4.79 Å². The lowest BCUT2D eigenvalue weighted by molar-refractivity contribution is -0.131. The summed E-state index contributed by atoms with van der Waals surface area (Å²) in [5.74, 6) is 1.37. The van der Waals surface area contributed by atoms with Crippen LogP contribution in [-0.4, -0.2) is 54.4 Å². The zero-order valence-electron chi connectivity index (χ0n) is 14.3. The molecule has 1 saturated heterocycles. The first kappa shape index (κ1) is 17.0. The predicted octanol–water partition coefficient (Wildman–Crippen LogP) is 1.45. The quantitative estimate of drug-likeness (QED) is 0.890. The fourth-order valence-corrected chi connectivity index (χ4v) is 2.88. The van der Waals surface area contributed by atoms with Crippen LogP contribution in [0.5, 0.6) is 0 Å². The number of nitrogens with zero attached hydrogens (tertiary/aromatic N) is 3. The Bertz CT molecular complexity index is 721. The first-order chi connectivity index (χ1) is 12.1. The predicted molar refractivity (Wildman–Crippen MR) is 93.4 cm³/mol. The minimum atomic E-state index is -0.209. The normalized spacial score (nSPS) is 14.4. The Labute approximate surface area is 146 Å². The molecule has 1 fully saturated rings. The van der Waals surface area contributed by atoms with Crippen LogP contribution in [0.15, 0.2) is 41.1 Å². The van der Waals surface area contributed by atoms with Gasteiger partial charge in [-0.25, -0.2) is 4.98 Å². The molecular formula is C18H22N4O3. The van der Waals surface area contributed by atoms with Crippen LogP contribution in [0.1, 0.15) is 22.5 Å². The smallest absolute Gasteiger partial charge is 0.254 e. The van der Waals surface area contributed by atoms with Crippen LogP contribution in [0.3, 0.4) is 0 Å². The lowest BCUT2D eigenvalue weighted by Gasteiger charge is -2.35. The summed E-state index contributed by atoms with van der Waals surface area (Å²) in [6.45, 7) is 4.94. The van der Waals surface area contributed by atoms with Gasteiger partial charge in [0.05, 0.1) is 11.8 Å². The number of amides is 2. The number of pyridine rings is 1. The minimum absolute atomic E-state index is 0.0601.